The Morgan fingerprint density at radius 3 is 2.62 bits per heavy atom. The number of halogens is 1. The summed E-state index contributed by atoms with van der Waals surface area (Å²) in [5.41, 5.74) is 0.514. The first-order valence-electron chi connectivity index (χ1n) is 7.40. The number of aliphatic hydroxyl groups is 1. The van der Waals surface area contributed by atoms with Gasteiger partial charge in [0.15, 0.2) is 0 Å². The van der Waals surface area contributed by atoms with Gasteiger partial charge in [-0.2, -0.15) is 5.26 Å². The summed E-state index contributed by atoms with van der Waals surface area (Å²) >= 11 is 0. The van der Waals surface area contributed by atoms with Gasteiger partial charge in [-0.15, -0.1) is 0 Å². The topological polar surface area (TPSA) is 85.2 Å². The van der Waals surface area contributed by atoms with Crippen LogP contribution in [0.4, 0.5) is 9.18 Å². The Labute approximate surface area is 139 Å². The fourth-order valence-corrected chi connectivity index (χ4v) is 2.16. The number of nitrogens with one attached hydrogen (secondary N) is 2. The second-order valence-corrected chi connectivity index (χ2v) is 5.63. The molecule has 2 aromatic carbocycles. The molecule has 0 spiro atoms. The van der Waals surface area contributed by atoms with Crippen molar-refractivity contribution in [3.8, 4) is 6.07 Å². The fourth-order valence-electron chi connectivity index (χ4n) is 2.16. The second kappa shape index (κ2) is 7.57. The summed E-state index contributed by atoms with van der Waals surface area (Å²) in [7, 11) is 0. The van der Waals surface area contributed by atoms with Crippen LogP contribution in [0.1, 0.15) is 23.6 Å². The first kappa shape index (κ1) is 17.4. The van der Waals surface area contributed by atoms with Crippen molar-refractivity contribution in [2.45, 2.75) is 19.1 Å². The van der Waals surface area contributed by atoms with Gasteiger partial charge in [-0.05, 0) is 42.3 Å². The number of rotatable bonds is 5. The highest BCUT2D eigenvalue weighted by Gasteiger charge is 2.23. The van der Waals surface area contributed by atoms with Crippen LogP contribution in [0.15, 0.2) is 48.5 Å². The molecule has 0 aliphatic heterocycles. The lowest BCUT2D eigenvalue weighted by atomic mass is 9.96. The molecular weight excluding hydrogens is 309 g/mol. The standard InChI is InChI=1S/C18H18FN3O2/c1-18(24,15-5-7-16(19)8-6-15)12-22-17(23)21-11-14-4-2-3-13(9-14)10-20/h2-9,24H,11-12H2,1H3,(H2,21,22,23). The third-order valence-corrected chi connectivity index (χ3v) is 3.57. The zero-order chi connectivity index (χ0) is 17.6. The predicted octanol–water partition coefficient (Wildman–Crippen LogP) is 2.40. The summed E-state index contributed by atoms with van der Waals surface area (Å²) in [6.45, 7) is 1.78. The van der Waals surface area contributed by atoms with E-state index in [9.17, 15) is 14.3 Å². The molecule has 0 bridgehead atoms. The monoisotopic (exact) mass is 327 g/mol. The van der Waals surface area contributed by atoms with Crippen molar-refractivity contribution in [1.82, 2.24) is 10.6 Å². The second-order valence-electron chi connectivity index (χ2n) is 5.63. The number of amides is 2. The molecule has 0 saturated carbocycles. The lowest BCUT2D eigenvalue weighted by Gasteiger charge is -2.24. The molecule has 0 aromatic heterocycles. The highest BCUT2D eigenvalue weighted by atomic mass is 19.1. The van der Waals surface area contributed by atoms with Crippen LogP contribution in [0, 0.1) is 17.1 Å². The molecule has 24 heavy (non-hydrogen) atoms. The van der Waals surface area contributed by atoms with Gasteiger partial charge in [0, 0.05) is 6.54 Å². The van der Waals surface area contributed by atoms with Crippen LogP contribution in [0.25, 0.3) is 0 Å². The van der Waals surface area contributed by atoms with E-state index in [2.05, 4.69) is 10.6 Å². The van der Waals surface area contributed by atoms with Crippen molar-refractivity contribution in [3.63, 3.8) is 0 Å². The van der Waals surface area contributed by atoms with Crippen LogP contribution in [-0.2, 0) is 12.1 Å². The number of urea groups is 1. The first-order chi connectivity index (χ1) is 11.4. The molecule has 1 atom stereocenters. The summed E-state index contributed by atoms with van der Waals surface area (Å²) in [5, 5.41) is 24.4. The van der Waals surface area contributed by atoms with Gasteiger partial charge in [0.05, 0.1) is 18.2 Å². The maximum atomic E-state index is 12.9. The van der Waals surface area contributed by atoms with Gasteiger partial charge < -0.3 is 15.7 Å². The normalized spacial score (nSPS) is 12.8. The van der Waals surface area contributed by atoms with E-state index in [1.807, 2.05) is 6.07 Å². The molecule has 0 radical (unpaired) electrons. The summed E-state index contributed by atoms with van der Waals surface area (Å²) in [6.07, 6.45) is 0. The Balaban J connectivity index is 1.86. The summed E-state index contributed by atoms with van der Waals surface area (Å²) in [5.74, 6) is -0.389. The molecule has 5 nitrogen and oxygen atoms in total. The molecular formula is C18H18FN3O2. The van der Waals surface area contributed by atoms with Gasteiger partial charge in [0.1, 0.15) is 11.4 Å². The van der Waals surface area contributed by atoms with E-state index in [-0.39, 0.29) is 18.9 Å². The van der Waals surface area contributed by atoms with Gasteiger partial charge >= 0.3 is 6.03 Å². The molecule has 2 aromatic rings. The lowest BCUT2D eigenvalue weighted by molar-refractivity contribution is 0.0593. The quantitative estimate of drug-likeness (QED) is 0.788. The average molecular weight is 327 g/mol. The van der Waals surface area contributed by atoms with Gasteiger partial charge in [-0.1, -0.05) is 24.3 Å². The molecule has 2 rings (SSSR count). The molecule has 3 N–H and O–H groups in total. The van der Waals surface area contributed by atoms with Crippen molar-refractivity contribution in [2.24, 2.45) is 0 Å². The minimum Gasteiger partial charge on any atom is -0.384 e. The Morgan fingerprint density at radius 2 is 1.96 bits per heavy atom. The predicted molar refractivity (Wildman–Crippen MR) is 87.4 cm³/mol. The van der Waals surface area contributed by atoms with Crippen LogP contribution < -0.4 is 10.6 Å². The highest BCUT2D eigenvalue weighted by molar-refractivity contribution is 5.73. The van der Waals surface area contributed by atoms with E-state index in [0.717, 1.165) is 5.56 Å². The van der Waals surface area contributed by atoms with Crippen molar-refractivity contribution in [1.29, 1.82) is 5.26 Å². The molecule has 0 aliphatic carbocycles. The fraction of sp³-hybridized carbons (Fsp3) is 0.222. The largest absolute Gasteiger partial charge is 0.384 e. The molecule has 0 heterocycles. The van der Waals surface area contributed by atoms with Crippen LogP contribution in [0.3, 0.4) is 0 Å². The number of carbonyl (C=O) groups is 1. The third-order valence-electron chi connectivity index (χ3n) is 3.57. The molecule has 2 amide bonds. The zero-order valence-corrected chi connectivity index (χ0v) is 13.2. The Morgan fingerprint density at radius 1 is 1.25 bits per heavy atom. The van der Waals surface area contributed by atoms with E-state index < -0.39 is 11.6 Å². The number of nitrogens with zero attached hydrogens (tertiary/aromatic N) is 1. The van der Waals surface area contributed by atoms with E-state index >= 15 is 0 Å². The maximum Gasteiger partial charge on any atom is 0.315 e. The molecule has 0 fully saturated rings. The lowest BCUT2D eigenvalue weighted by Crippen LogP contribution is -2.43. The Hall–Kier alpha value is -2.91. The van der Waals surface area contributed by atoms with E-state index in [1.165, 1.54) is 31.2 Å². The van der Waals surface area contributed by atoms with E-state index in [0.29, 0.717) is 11.1 Å². The van der Waals surface area contributed by atoms with Crippen molar-refractivity contribution < 1.29 is 14.3 Å². The average Bonchev–Trinajstić information content (AvgIpc) is 2.59. The van der Waals surface area contributed by atoms with Gasteiger partial charge in [0.2, 0.25) is 0 Å². The number of hydrogen-bond donors (Lipinski definition) is 3. The Kier molecular flexibility index (Phi) is 5.51. The number of hydrogen-bond acceptors (Lipinski definition) is 3. The molecule has 0 saturated heterocycles. The molecule has 124 valence electrons. The Bertz CT molecular complexity index is 752. The third kappa shape index (κ3) is 4.80. The van der Waals surface area contributed by atoms with Crippen LogP contribution in [-0.4, -0.2) is 17.7 Å². The number of nitriles is 1. The van der Waals surface area contributed by atoms with Crippen LogP contribution in [0.2, 0.25) is 0 Å². The first-order valence-corrected chi connectivity index (χ1v) is 7.40. The van der Waals surface area contributed by atoms with Gasteiger partial charge in [0.25, 0.3) is 0 Å². The summed E-state index contributed by atoms with van der Waals surface area (Å²) in [4.78, 5) is 11.8. The van der Waals surface area contributed by atoms with Crippen molar-refractivity contribution in [2.75, 3.05) is 6.54 Å². The zero-order valence-electron chi connectivity index (χ0n) is 13.2. The van der Waals surface area contributed by atoms with E-state index in [1.54, 1.807) is 24.3 Å². The van der Waals surface area contributed by atoms with Crippen LogP contribution >= 0.6 is 0 Å². The molecule has 6 heteroatoms. The SMILES string of the molecule is CC(O)(CNC(=O)NCc1cccc(C#N)c1)c1ccc(F)cc1. The maximum absolute atomic E-state index is 12.9. The number of benzene rings is 2. The van der Waals surface area contributed by atoms with E-state index in [4.69, 9.17) is 5.26 Å². The smallest absolute Gasteiger partial charge is 0.315 e. The van der Waals surface area contributed by atoms with Gasteiger partial charge in [-0.3, -0.25) is 0 Å². The van der Waals surface area contributed by atoms with Crippen LogP contribution in [0.5, 0.6) is 0 Å². The highest BCUT2D eigenvalue weighted by Crippen LogP contribution is 2.19. The minimum atomic E-state index is -1.31. The summed E-state index contributed by atoms with van der Waals surface area (Å²) in [6, 6.07) is 14.0. The van der Waals surface area contributed by atoms with Gasteiger partial charge in [-0.25, -0.2) is 9.18 Å². The van der Waals surface area contributed by atoms with Crippen molar-refractivity contribution in [3.05, 3.63) is 71.0 Å². The minimum absolute atomic E-state index is 0.0251. The summed E-state index contributed by atoms with van der Waals surface area (Å²) < 4.78 is 12.9. The molecule has 1 unspecified atom stereocenters. The van der Waals surface area contributed by atoms with Crippen molar-refractivity contribution >= 4 is 6.03 Å². The number of carbonyl (C=O) groups excluding carboxylic acids is 1. The molecule has 0 aliphatic rings.